The number of hydrogen-bond acceptors (Lipinski definition) is 1. The number of hydrogen-bond donors (Lipinski definition) is 0. The summed E-state index contributed by atoms with van der Waals surface area (Å²) in [6, 6.07) is 10.2. The van der Waals surface area contributed by atoms with Crippen molar-refractivity contribution in [2.75, 3.05) is 6.54 Å². The van der Waals surface area contributed by atoms with Gasteiger partial charge in [-0.25, -0.2) is 0 Å². The fraction of sp³-hybridized carbons (Fsp3) is 0.533. The van der Waals surface area contributed by atoms with E-state index in [1.54, 1.807) is 0 Å². The molecule has 0 aliphatic carbocycles. The third kappa shape index (κ3) is 3.32. The van der Waals surface area contributed by atoms with E-state index in [0.717, 1.165) is 25.9 Å². The fourth-order valence-corrected chi connectivity index (χ4v) is 2.64. The van der Waals surface area contributed by atoms with E-state index in [-0.39, 0.29) is 0 Å². The summed E-state index contributed by atoms with van der Waals surface area (Å²) in [4.78, 5) is 13.9. The molecule has 0 radical (unpaired) electrons. The molecule has 2 heteroatoms. The van der Waals surface area contributed by atoms with Gasteiger partial charge in [-0.1, -0.05) is 44.2 Å². The molecule has 1 atom stereocenters. The lowest BCUT2D eigenvalue weighted by atomic mass is 9.96. The average molecular weight is 231 g/mol. The number of likely N-dealkylation sites (tertiary alicyclic amines) is 1. The standard InChI is InChI=1S/C15H21NO/c1-12(2)8-14-9-15(17)16(11-14)10-13-6-4-3-5-7-13/h3-7,12,14H,8-11H2,1-2H3/t14-/m0/s1. The molecular weight excluding hydrogens is 210 g/mol. The number of nitrogens with zero attached hydrogens (tertiary/aromatic N) is 1. The van der Waals surface area contributed by atoms with Crippen molar-refractivity contribution in [1.29, 1.82) is 0 Å². The Labute approximate surface area is 104 Å². The molecule has 0 spiro atoms. The van der Waals surface area contributed by atoms with Gasteiger partial charge in [-0.05, 0) is 23.8 Å². The SMILES string of the molecule is CC(C)C[C@H]1CC(=O)N(Cc2ccccc2)C1. The van der Waals surface area contributed by atoms with Crippen molar-refractivity contribution in [3.05, 3.63) is 35.9 Å². The molecule has 92 valence electrons. The van der Waals surface area contributed by atoms with Crippen molar-refractivity contribution in [2.24, 2.45) is 11.8 Å². The molecule has 1 amide bonds. The van der Waals surface area contributed by atoms with E-state index in [4.69, 9.17) is 0 Å². The average Bonchev–Trinajstić information content (AvgIpc) is 2.59. The van der Waals surface area contributed by atoms with Gasteiger partial charge in [0, 0.05) is 19.5 Å². The molecule has 0 bridgehead atoms. The Morgan fingerprint density at radius 1 is 1.29 bits per heavy atom. The molecule has 1 fully saturated rings. The highest BCUT2D eigenvalue weighted by molar-refractivity contribution is 5.78. The number of carbonyl (C=O) groups excluding carboxylic acids is 1. The van der Waals surface area contributed by atoms with Gasteiger partial charge in [0.05, 0.1) is 0 Å². The Hall–Kier alpha value is -1.31. The molecule has 2 nitrogen and oxygen atoms in total. The van der Waals surface area contributed by atoms with Crippen LogP contribution in [0.15, 0.2) is 30.3 Å². The van der Waals surface area contributed by atoms with Gasteiger partial charge in [-0.15, -0.1) is 0 Å². The van der Waals surface area contributed by atoms with E-state index >= 15 is 0 Å². The van der Waals surface area contributed by atoms with Crippen LogP contribution in [0.2, 0.25) is 0 Å². The van der Waals surface area contributed by atoms with E-state index < -0.39 is 0 Å². The Balaban J connectivity index is 1.92. The first kappa shape index (κ1) is 12.2. The Morgan fingerprint density at radius 2 is 2.00 bits per heavy atom. The molecule has 17 heavy (non-hydrogen) atoms. The molecule has 0 N–H and O–H groups in total. The number of amides is 1. The molecule has 2 rings (SSSR count). The van der Waals surface area contributed by atoms with Crippen LogP contribution < -0.4 is 0 Å². The monoisotopic (exact) mass is 231 g/mol. The summed E-state index contributed by atoms with van der Waals surface area (Å²) in [5, 5.41) is 0. The van der Waals surface area contributed by atoms with Crippen LogP contribution in [0.4, 0.5) is 0 Å². The molecule has 0 aromatic heterocycles. The number of benzene rings is 1. The van der Waals surface area contributed by atoms with E-state index in [1.165, 1.54) is 5.56 Å². The normalized spacial score (nSPS) is 20.3. The van der Waals surface area contributed by atoms with E-state index in [0.29, 0.717) is 17.7 Å². The molecule has 1 aromatic carbocycles. The van der Waals surface area contributed by atoms with Crippen molar-refractivity contribution in [1.82, 2.24) is 4.90 Å². The zero-order chi connectivity index (χ0) is 12.3. The Bertz CT molecular complexity index is 372. The third-order valence-corrected chi connectivity index (χ3v) is 3.32. The summed E-state index contributed by atoms with van der Waals surface area (Å²) in [6.07, 6.45) is 1.90. The van der Waals surface area contributed by atoms with Gasteiger partial charge in [-0.3, -0.25) is 4.79 Å². The second-order valence-corrected chi connectivity index (χ2v) is 5.46. The fourth-order valence-electron chi connectivity index (χ4n) is 2.64. The van der Waals surface area contributed by atoms with Crippen molar-refractivity contribution < 1.29 is 4.79 Å². The molecular formula is C15H21NO. The molecule has 1 aliphatic heterocycles. The highest BCUT2D eigenvalue weighted by Gasteiger charge is 2.29. The summed E-state index contributed by atoms with van der Waals surface area (Å²) in [6.45, 7) is 6.16. The van der Waals surface area contributed by atoms with Crippen LogP contribution >= 0.6 is 0 Å². The van der Waals surface area contributed by atoms with E-state index in [2.05, 4.69) is 26.0 Å². The molecule has 0 unspecified atom stereocenters. The van der Waals surface area contributed by atoms with Crippen LogP contribution in [-0.4, -0.2) is 17.4 Å². The van der Waals surface area contributed by atoms with Crippen molar-refractivity contribution in [3.63, 3.8) is 0 Å². The lowest BCUT2D eigenvalue weighted by Crippen LogP contribution is -2.24. The smallest absolute Gasteiger partial charge is 0.223 e. The Morgan fingerprint density at radius 3 is 2.65 bits per heavy atom. The van der Waals surface area contributed by atoms with Crippen molar-refractivity contribution in [2.45, 2.75) is 33.2 Å². The van der Waals surface area contributed by atoms with Gasteiger partial charge >= 0.3 is 0 Å². The van der Waals surface area contributed by atoms with Gasteiger partial charge in [0.25, 0.3) is 0 Å². The molecule has 1 aromatic rings. The van der Waals surface area contributed by atoms with Gasteiger partial charge in [0.1, 0.15) is 0 Å². The van der Waals surface area contributed by atoms with Crippen LogP contribution in [0.5, 0.6) is 0 Å². The quantitative estimate of drug-likeness (QED) is 0.780. The summed E-state index contributed by atoms with van der Waals surface area (Å²) in [7, 11) is 0. The summed E-state index contributed by atoms with van der Waals surface area (Å²) >= 11 is 0. The molecule has 1 heterocycles. The van der Waals surface area contributed by atoms with Gasteiger partial charge < -0.3 is 4.90 Å². The van der Waals surface area contributed by atoms with Gasteiger partial charge in [0.2, 0.25) is 5.91 Å². The second kappa shape index (κ2) is 5.35. The zero-order valence-electron chi connectivity index (χ0n) is 10.7. The maximum Gasteiger partial charge on any atom is 0.223 e. The maximum atomic E-state index is 11.9. The minimum Gasteiger partial charge on any atom is -0.338 e. The van der Waals surface area contributed by atoms with Crippen LogP contribution in [0.1, 0.15) is 32.3 Å². The van der Waals surface area contributed by atoms with E-state index in [1.807, 2.05) is 23.1 Å². The van der Waals surface area contributed by atoms with Crippen molar-refractivity contribution >= 4 is 5.91 Å². The topological polar surface area (TPSA) is 20.3 Å². The first-order valence-electron chi connectivity index (χ1n) is 6.47. The summed E-state index contributed by atoms with van der Waals surface area (Å²) in [5.41, 5.74) is 1.23. The molecule has 1 aliphatic rings. The lowest BCUT2D eigenvalue weighted by molar-refractivity contribution is -0.128. The number of carbonyl (C=O) groups is 1. The second-order valence-electron chi connectivity index (χ2n) is 5.46. The number of rotatable bonds is 4. The largest absolute Gasteiger partial charge is 0.338 e. The predicted molar refractivity (Wildman–Crippen MR) is 69.4 cm³/mol. The lowest BCUT2D eigenvalue weighted by Gasteiger charge is -2.17. The van der Waals surface area contributed by atoms with Crippen molar-refractivity contribution in [3.8, 4) is 0 Å². The van der Waals surface area contributed by atoms with Crippen LogP contribution in [0, 0.1) is 11.8 Å². The minimum atomic E-state index is 0.319. The van der Waals surface area contributed by atoms with Gasteiger partial charge in [0.15, 0.2) is 0 Å². The van der Waals surface area contributed by atoms with Crippen LogP contribution in [0.25, 0.3) is 0 Å². The Kier molecular flexibility index (Phi) is 3.82. The van der Waals surface area contributed by atoms with Crippen LogP contribution in [-0.2, 0) is 11.3 Å². The zero-order valence-corrected chi connectivity index (χ0v) is 10.7. The predicted octanol–water partition coefficient (Wildman–Crippen LogP) is 3.08. The molecule has 1 saturated heterocycles. The van der Waals surface area contributed by atoms with Gasteiger partial charge in [-0.2, -0.15) is 0 Å². The first-order valence-corrected chi connectivity index (χ1v) is 6.47. The summed E-state index contributed by atoms with van der Waals surface area (Å²) < 4.78 is 0. The molecule has 0 saturated carbocycles. The minimum absolute atomic E-state index is 0.319. The first-order chi connectivity index (χ1) is 8.15. The van der Waals surface area contributed by atoms with Crippen LogP contribution in [0.3, 0.4) is 0 Å². The highest BCUT2D eigenvalue weighted by Crippen LogP contribution is 2.25. The summed E-state index contributed by atoms with van der Waals surface area (Å²) in [5.74, 6) is 1.56. The highest BCUT2D eigenvalue weighted by atomic mass is 16.2. The van der Waals surface area contributed by atoms with E-state index in [9.17, 15) is 4.79 Å². The maximum absolute atomic E-state index is 11.9. The third-order valence-electron chi connectivity index (χ3n) is 3.32.